The van der Waals surface area contributed by atoms with Crippen molar-refractivity contribution < 1.29 is 19.1 Å². The first kappa shape index (κ1) is 16.1. The molecular formula is C15H15NO5S. The molecule has 0 radical (unpaired) electrons. The third-order valence-corrected chi connectivity index (χ3v) is 3.74. The molecule has 22 heavy (non-hydrogen) atoms. The lowest BCUT2D eigenvalue weighted by molar-refractivity contribution is -0.139. The predicted molar refractivity (Wildman–Crippen MR) is 84.4 cm³/mol. The van der Waals surface area contributed by atoms with E-state index in [1.54, 1.807) is 24.3 Å². The molecule has 1 amide bonds. The molecule has 2 rings (SSSR count). The van der Waals surface area contributed by atoms with Gasteiger partial charge < -0.3 is 14.8 Å². The van der Waals surface area contributed by atoms with E-state index in [9.17, 15) is 14.4 Å². The minimum atomic E-state index is -1.13. The van der Waals surface area contributed by atoms with Crippen molar-refractivity contribution in [1.82, 2.24) is 5.32 Å². The Bertz CT molecular complexity index is 755. The quantitative estimate of drug-likeness (QED) is 0.787. The monoisotopic (exact) mass is 321 g/mol. The summed E-state index contributed by atoms with van der Waals surface area (Å²) in [5, 5.41) is 12.1. The first-order chi connectivity index (χ1) is 10.5. The van der Waals surface area contributed by atoms with Gasteiger partial charge >= 0.3 is 11.6 Å². The topological polar surface area (TPSA) is 96.6 Å². The SMILES string of the molecule is CSCC[C@H](NC(=O)c1cc2ccccc2oc1=O)C(=O)O. The highest BCUT2D eigenvalue weighted by atomic mass is 32.2. The van der Waals surface area contributed by atoms with E-state index in [1.165, 1.54) is 17.8 Å². The molecule has 1 heterocycles. The van der Waals surface area contributed by atoms with E-state index < -0.39 is 23.5 Å². The molecule has 0 aliphatic rings. The number of rotatable bonds is 6. The van der Waals surface area contributed by atoms with Gasteiger partial charge in [-0.1, -0.05) is 18.2 Å². The molecule has 0 unspecified atom stereocenters. The van der Waals surface area contributed by atoms with Gasteiger partial charge in [0.1, 0.15) is 17.2 Å². The normalized spacial score (nSPS) is 12.0. The van der Waals surface area contributed by atoms with Crippen molar-refractivity contribution in [1.29, 1.82) is 0 Å². The zero-order chi connectivity index (χ0) is 16.1. The van der Waals surface area contributed by atoms with Gasteiger partial charge in [-0.15, -0.1) is 0 Å². The van der Waals surface area contributed by atoms with E-state index in [1.807, 2.05) is 6.26 Å². The number of thioether (sulfide) groups is 1. The van der Waals surface area contributed by atoms with Crippen molar-refractivity contribution in [3.63, 3.8) is 0 Å². The smallest absolute Gasteiger partial charge is 0.349 e. The Morgan fingerprint density at radius 3 is 2.77 bits per heavy atom. The van der Waals surface area contributed by atoms with Crippen molar-refractivity contribution in [3.8, 4) is 0 Å². The molecule has 1 atom stereocenters. The van der Waals surface area contributed by atoms with Crippen LogP contribution in [0.2, 0.25) is 0 Å². The van der Waals surface area contributed by atoms with Crippen LogP contribution < -0.4 is 10.9 Å². The van der Waals surface area contributed by atoms with E-state index in [0.717, 1.165) is 0 Å². The molecular weight excluding hydrogens is 306 g/mol. The number of carboxylic acids is 1. The number of hydrogen-bond acceptors (Lipinski definition) is 5. The minimum absolute atomic E-state index is 0.200. The predicted octanol–water partition coefficient (Wildman–Crippen LogP) is 1.73. The maximum atomic E-state index is 12.1. The van der Waals surface area contributed by atoms with Crippen LogP contribution in [0.15, 0.2) is 39.5 Å². The molecule has 116 valence electrons. The number of amides is 1. The van der Waals surface area contributed by atoms with Crippen molar-refractivity contribution >= 4 is 34.6 Å². The number of carboxylic acid groups (broad SMARTS) is 1. The number of carbonyl (C=O) groups excluding carboxylic acids is 1. The Balaban J connectivity index is 2.26. The Hall–Kier alpha value is -2.28. The van der Waals surface area contributed by atoms with E-state index in [4.69, 9.17) is 9.52 Å². The summed E-state index contributed by atoms with van der Waals surface area (Å²) < 4.78 is 5.07. The molecule has 0 saturated heterocycles. The van der Waals surface area contributed by atoms with Crippen molar-refractivity contribution in [3.05, 3.63) is 46.3 Å². The summed E-state index contributed by atoms with van der Waals surface area (Å²) in [5.74, 6) is -1.29. The Morgan fingerprint density at radius 2 is 2.09 bits per heavy atom. The van der Waals surface area contributed by atoms with Crippen LogP contribution in [0.25, 0.3) is 11.0 Å². The summed E-state index contributed by atoms with van der Waals surface area (Å²) in [5.41, 5.74) is -0.611. The lowest BCUT2D eigenvalue weighted by Gasteiger charge is -2.13. The summed E-state index contributed by atoms with van der Waals surface area (Å²) in [6.45, 7) is 0. The molecule has 0 bridgehead atoms. The minimum Gasteiger partial charge on any atom is -0.480 e. The largest absolute Gasteiger partial charge is 0.480 e. The number of fused-ring (bicyclic) bond motifs is 1. The molecule has 0 fully saturated rings. The first-order valence-electron chi connectivity index (χ1n) is 6.58. The number of hydrogen-bond donors (Lipinski definition) is 2. The number of benzene rings is 1. The molecule has 0 aliphatic heterocycles. The Morgan fingerprint density at radius 1 is 1.36 bits per heavy atom. The van der Waals surface area contributed by atoms with Crippen LogP contribution in [0.1, 0.15) is 16.8 Å². The molecule has 2 aromatic rings. The Kier molecular flexibility index (Phi) is 5.21. The summed E-state index contributed by atoms with van der Waals surface area (Å²) in [6, 6.07) is 7.17. The highest BCUT2D eigenvalue weighted by Gasteiger charge is 2.22. The van der Waals surface area contributed by atoms with Gasteiger partial charge in [-0.2, -0.15) is 11.8 Å². The van der Waals surface area contributed by atoms with Gasteiger partial charge in [0, 0.05) is 5.39 Å². The van der Waals surface area contributed by atoms with Crippen LogP contribution in [0.5, 0.6) is 0 Å². The van der Waals surface area contributed by atoms with Gasteiger partial charge in [-0.05, 0) is 30.6 Å². The Labute approximate surface area is 130 Å². The zero-order valence-electron chi connectivity index (χ0n) is 11.9. The highest BCUT2D eigenvalue weighted by Crippen LogP contribution is 2.12. The number of para-hydroxylation sites is 1. The lowest BCUT2D eigenvalue weighted by Crippen LogP contribution is -2.42. The highest BCUT2D eigenvalue weighted by molar-refractivity contribution is 7.98. The summed E-state index contributed by atoms with van der Waals surface area (Å²) in [4.78, 5) is 35.2. The summed E-state index contributed by atoms with van der Waals surface area (Å²) in [7, 11) is 0. The van der Waals surface area contributed by atoms with Gasteiger partial charge in [0.05, 0.1) is 0 Å². The van der Waals surface area contributed by atoms with Crippen LogP contribution in [0, 0.1) is 0 Å². The number of aliphatic carboxylic acids is 1. The van der Waals surface area contributed by atoms with Gasteiger partial charge in [-0.25, -0.2) is 9.59 Å². The van der Waals surface area contributed by atoms with Crippen LogP contribution >= 0.6 is 11.8 Å². The lowest BCUT2D eigenvalue weighted by atomic mass is 10.1. The van der Waals surface area contributed by atoms with Crippen molar-refractivity contribution in [2.24, 2.45) is 0 Å². The number of nitrogens with one attached hydrogen (secondary N) is 1. The van der Waals surface area contributed by atoms with E-state index >= 15 is 0 Å². The average molecular weight is 321 g/mol. The second kappa shape index (κ2) is 7.13. The molecule has 1 aromatic heterocycles. The fourth-order valence-electron chi connectivity index (χ4n) is 1.95. The molecule has 0 aliphatic carbocycles. The van der Waals surface area contributed by atoms with Crippen LogP contribution in [0.4, 0.5) is 0 Å². The molecule has 1 aromatic carbocycles. The standard InChI is InChI=1S/C15H15NO5S/c1-22-7-6-11(14(18)19)16-13(17)10-8-9-4-2-3-5-12(9)21-15(10)20/h2-5,8,11H,6-7H2,1H3,(H,16,17)(H,18,19)/t11-/m0/s1. The van der Waals surface area contributed by atoms with E-state index in [0.29, 0.717) is 16.7 Å². The van der Waals surface area contributed by atoms with Gasteiger partial charge in [0.2, 0.25) is 0 Å². The van der Waals surface area contributed by atoms with Crippen LogP contribution in [0.3, 0.4) is 0 Å². The zero-order valence-corrected chi connectivity index (χ0v) is 12.7. The van der Waals surface area contributed by atoms with E-state index in [2.05, 4.69) is 5.32 Å². The van der Waals surface area contributed by atoms with E-state index in [-0.39, 0.29) is 12.0 Å². The number of carbonyl (C=O) groups is 2. The fourth-order valence-corrected chi connectivity index (χ4v) is 2.42. The van der Waals surface area contributed by atoms with Crippen LogP contribution in [-0.2, 0) is 4.79 Å². The molecule has 0 spiro atoms. The van der Waals surface area contributed by atoms with Gasteiger partial charge in [0.25, 0.3) is 5.91 Å². The second-order valence-electron chi connectivity index (χ2n) is 4.63. The van der Waals surface area contributed by atoms with Crippen molar-refractivity contribution in [2.45, 2.75) is 12.5 Å². The summed E-state index contributed by atoms with van der Waals surface area (Å²) in [6.07, 6.45) is 2.12. The first-order valence-corrected chi connectivity index (χ1v) is 7.98. The van der Waals surface area contributed by atoms with Gasteiger partial charge in [0.15, 0.2) is 0 Å². The fraction of sp³-hybridized carbons (Fsp3) is 0.267. The van der Waals surface area contributed by atoms with Crippen LogP contribution in [-0.4, -0.2) is 35.0 Å². The molecule has 0 saturated carbocycles. The molecule has 6 nitrogen and oxygen atoms in total. The maximum absolute atomic E-state index is 12.1. The van der Waals surface area contributed by atoms with Crippen molar-refractivity contribution in [2.75, 3.05) is 12.0 Å². The summed E-state index contributed by atoms with van der Waals surface area (Å²) >= 11 is 1.48. The second-order valence-corrected chi connectivity index (χ2v) is 5.62. The third kappa shape index (κ3) is 3.67. The average Bonchev–Trinajstić information content (AvgIpc) is 2.50. The third-order valence-electron chi connectivity index (χ3n) is 3.10. The maximum Gasteiger partial charge on any atom is 0.349 e. The molecule has 7 heteroatoms. The van der Waals surface area contributed by atoms with Gasteiger partial charge in [-0.3, -0.25) is 4.79 Å². The molecule has 2 N–H and O–H groups in total.